The van der Waals surface area contributed by atoms with Crippen LogP contribution in [0.25, 0.3) is 0 Å². The lowest BCUT2D eigenvalue weighted by atomic mass is 9.92. The van der Waals surface area contributed by atoms with Gasteiger partial charge in [0.05, 0.1) is 12.2 Å². The van der Waals surface area contributed by atoms with E-state index in [1.807, 2.05) is 54.6 Å². The van der Waals surface area contributed by atoms with E-state index in [-0.39, 0.29) is 12.1 Å². The number of hydrogen-bond acceptors (Lipinski definition) is 4. The van der Waals surface area contributed by atoms with Crippen LogP contribution in [0.1, 0.15) is 18.4 Å². The Labute approximate surface area is 163 Å². The number of ether oxygens (including phenoxy) is 2. The molecule has 3 amide bonds. The Balaban J connectivity index is 1.35. The van der Waals surface area contributed by atoms with Crippen LogP contribution in [0.3, 0.4) is 0 Å². The van der Waals surface area contributed by atoms with Crippen molar-refractivity contribution in [1.29, 1.82) is 0 Å². The number of nitrogens with one attached hydrogen (secondary N) is 2. The maximum Gasteiger partial charge on any atom is 0.407 e. The number of benzene rings is 2. The molecule has 0 aliphatic carbocycles. The molecule has 2 saturated heterocycles. The van der Waals surface area contributed by atoms with Crippen LogP contribution < -0.4 is 15.4 Å². The average molecular weight is 381 g/mol. The molecule has 0 unspecified atom stereocenters. The molecule has 2 aliphatic rings. The first-order valence-corrected chi connectivity index (χ1v) is 9.42. The molecule has 7 nitrogen and oxygen atoms in total. The molecule has 2 aliphatic heterocycles. The molecule has 2 aromatic carbocycles. The van der Waals surface area contributed by atoms with Crippen molar-refractivity contribution in [3.05, 3.63) is 60.2 Å². The highest BCUT2D eigenvalue weighted by molar-refractivity contribution is 5.91. The van der Waals surface area contributed by atoms with Gasteiger partial charge in [0, 0.05) is 25.9 Å². The fourth-order valence-corrected chi connectivity index (χ4v) is 3.52. The molecular formula is C21H23N3O4. The highest BCUT2D eigenvalue weighted by atomic mass is 16.6. The van der Waals surface area contributed by atoms with Crippen LogP contribution in [-0.2, 0) is 11.3 Å². The van der Waals surface area contributed by atoms with E-state index in [1.54, 1.807) is 4.90 Å². The van der Waals surface area contributed by atoms with Gasteiger partial charge >= 0.3 is 12.1 Å². The highest BCUT2D eigenvalue weighted by Crippen LogP contribution is 2.30. The van der Waals surface area contributed by atoms with E-state index in [0.29, 0.717) is 50.5 Å². The Kier molecular flexibility index (Phi) is 5.06. The standard InChI is InChI=1S/C21H23N3O4/c25-19(24-12-10-21(11-13-24)15-22-20(26)28-21)23-17-8-4-5-9-18(17)27-14-16-6-2-1-3-7-16/h1-9H,10-15H2,(H,22,26)(H,23,25). The summed E-state index contributed by atoms with van der Waals surface area (Å²) in [5, 5.41) is 5.65. The molecule has 0 bridgehead atoms. The number of carbonyl (C=O) groups is 2. The lowest BCUT2D eigenvalue weighted by Gasteiger charge is -2.37. The summed E-state index contributed by atoms with van der Waals surface area (Å²) in [6.45, 7) is 2.01. The van der Waals surface area contributed by atoms with Crippen molar-refractivity contribution in [2.75, 3.05) is 25.0 Å². The fourth-order valence-electron chi connectivity index (χ4n) is 3.52. The lowest BCUT2D eigenvalue weighted by molar-refractivity contribution is 0.0110. The molecule has 7 heteroatoms. The van der Waals surface area contributed by atoms with Crippen molar-refractivity contribution in [3.8, 4) is 5.75 Å². The second kappa shape index (κ2) is 7.80. The first-order valence-electron chi connectivity index (χ1n) is 9.42. The predicted molar refractivity (Wildman–Crippen MR) is 104 cm³/mol. The number of anilines is 1. The summed E-state index contributed by atoms with van der Waals surface area (Å²) in [5.74, 6) is 0.627. The number of hydrogen-bond donors (Lipinski definition) is 2. The third kappa shape index (κ3) is 4.03. The molecule has 1 spiro atoms. The van der Waals surface area contributed by atoms with Gasteiger partial charge in [-0.2, -0.15) is 0 Å². The van der Waals surface area contributed by atoms with Crippen LogP contribution in [0.15, 0.2) is 54.6 Å². The Morgan fingerprint density at radius 2 is 1.82 bits per heavy atom. The second-order valence-corrected chi connectivity index (χ2v) is 7.11. The summed E-state index contributed by atoms with van der Waals surface area (Å²) >= 11 is 0. The Morgan fingerprint density at radius 1 is 1.11 bits per heavy atom. The lowest BCUT2D eigenvalue weighted by Crippen LogP contribution is -2.49. The molecule has 4 rings (SSSR count). The van der Waals surface area contributed by atoms with Crippen LogP contribution >= 0.6 is 0 Å². The number of nitrogens with zero attached hydrogens (tertiary/aromatic N) is 1. The molecule has 28 heavy (non-hydrogen) atoms. The number of rotatable bonds is 4. The summed E-state index contributed by atoms with van der Waals surface area (Å²) in [6, 6.07) is 17.1. The molecular weight excluding hydrogens is 358 g/mol. The van der Waals surface area contributed by atoms with Crippen molar-refractivity contribution in [1.82, 2.24) is 10.2 Å². The van der Waals surface area contributed by atoms with Gasteiger partial charge in [0.2, 0.25) is 0 Å². The van der Waals surface area contributed by atoms with Gasteiger partial charge < -0.3 is 25.0 Å². The zero-order valence-corrected chi connectivity index (χ0v) is 15.5. The van der Waals surface area contributed by atoms with Crippen molar-refractivity contribution < 1.29 is 19.1 Å². The van der Waals surface area contributed by atoms with Gasteiger partial charge in [-0.1, -0.05) is 42.5 Å². The number of para-hydroxylation sites is 2. The molecule has 2 heterocycles. The fraction of sp³-hybridized carbons (Fsp3) is 0.333. The second-order valence-electron chi connectivity index (χ2n) is 7.11. The maximum atomic E-state index is 12.7. The van der Waals surface area contributed by atoms with E-state index < -0.39 is 5.60 Å². The van der Waals surface area contributed by atoms with Gasteiger partial charge in [-0.15, -0.1) is 0 Å². The van der Waals surface area contributed by atoms with Gasteiger partial charge in [-0.05, 0) is 17.7 Å². The minimum atomic E-state index is -0.468. The van der Waals surface area contributed by atoms with E-state index >= 15 is 0 Å². The summed E-state index contributed by atoms with van der Waals surface area (Å²) in [5.41, 5.74) is 1.23. The average Bonchev–Trinajstić information content (AvgIpc) is 3.08. The normalized spacial score (nSPS) is 17.7. The zero-order valence-electron chi connectivity index (χ0n) is 15.5. The third-order valence-corrected chi connectivity index (χ3v) is 5.19. The Morgan fingerprint density at radius 3 is 2.54 bits per heavy atom. The Bertz CT molecular complexity index is 848. The van der Waals surface area contributed by atoms with E-state index in [9.17, 15) is 9.59 Å². The van der Waals surface area contributed by atoms with E-state index in [1.165, 1.54) is 0 Å². The SMILES string of the molecule is O=C1NCC2(CCN(C(=O)Nc3ccccc3OCc3ccccc3)CC2)O1. The molecule has 0 atom stereocenters. The molecule has 2 N–H and O–H groups in total. The first-order chi connectivity index (χ1) is 13.6. The van der Waals surface area contributed by atoms with Gasteiger partial charge in [0.25, 0.3) is 0 Å². The maximum absolute atomic E-state index is 12.7. The highest BCUT2D eigenvalue weighted by Gasteiger charge is 2.43. The van der Waals surface area contributed by atoms with Gasteiger partial charge in [0.1, 0.15) is 18.0 Å². The molecule has 0 aromatic heterocycles. The Hall–Kier alpha value is -3.22. The molecule has 146 valence electrons. The van der Waals surface area contributed by atoms with Crippen LogP contribution in [-0.4, -0.2) is 42.3 Å². The molecule has 0 saturated carbocycles. The number of piperidine rings is 1. The van der Waals surface area contributed by atoms with Crippen LogP contribution in [0, 0.1) is 0 Å². The number of urea groups is 1. The summed E-state index contributed by atoms with van der Waals surface area (Å²) in [4.78, 5) is 25.8. The van der Waals surface area contributed by atoms with Crippen LogP contribution in [0.2, 0.25) is 0 Å². The van der Waals surface area contributed by atoms with Gasteiger partial charge in [-0.3, -0.25) is 0 Å². The van der Waals surface area contributed by atoms with E-state index in [2.05, 4.69) is 10.6 Å². The van der Waals surface area contributed by atoms with Crippen molar-refractivity contribution in [3.63, 3.8) is 0 Å². The number of alkyl carbamates (subject to hydrolysis) is 1. The monoisotopic (exact) mass is 381 g/mol. The number of amides is 3. The van der Waals surface area contributed by atoms with Crippen molar-refractivity contribution >= 4 is 17.8 Å². The number of carbonyl (C=O) groups excluding carboxylic acids is 2. The van der Waals surface area contributed by atoms with Gasteiger partial charge in [-0.25, -0.2) is 9.59 Å². The topological polar surface area (TPSA) is 79.9 Å². The van der Waals surface area contributed by atoms with E-state index in [0.717, 1.165) is 5.56 Å². The summed E-state index contributed by atoms with van der Waals surface area (Å²) < 4.78 is 11.3. The molecule has 2 aromatic rings. The zero-order chi connectivity index (χ0) is 19.4. The summed E-state index contributed by atoms with van der Waals surface area (Å²) in [6.07, 6.45) is 0.888. The van der Waals surface area contributed by atoms with Crippen LogP contribution in [0.5, 0.6) is 5.75 Å². The minimum absolute atomic E-state index is 0.178. The largest absolute Gasteiger partial charge is 0.487 e. The smallest absolute Gasteiger partial charge is 0.407 e. The number of likely N-dealkylation sites (tertiary alicyclic amines) is 1. The molecule has 0 radical (unpaired) electrons. The molecule has 2 fully saturated rings. The van der Waals surface area contributed by atoms with Crippen molar-refractivity contribution in [2.24, 2.45) is 0 Å². The van der Waals surface area contributed by atoms with Crippen LogP contribution in [0.4, 0.5) is 15.3 Å². The third-order valence-electron chi connectivity index (χ3n) is 5.19. The minimum Gasteiger partial charge on any atom is -0.487 e. The van der Waals surface area contributed by atoms with Gasteiger partial charge in [0.15, 0.2) is 0 Å². The predicted octanol–water partition coefficient (Wildman–Crippen LogP) is 3.37. The summed E-state index contributed by atoms with van der Waals surface area (Å²) in [7, 11) is 0. The first kappa shape index (κ1) is 18.2. The van der Waals surface area contributed by atoms with E-state index in [4.69, 9.17) is 9.47 Å². The quantitative estimate of drug-likeness (QED) is 0.851. The van der Waals surface area contributed by atoms with Crippen molar-refractivity contribution in [2.45, 2.75) is 25.0 Å².